The van der Waals surface area contributed by atoms with E-state index in [1.807, 2.05) is 23.6 Å². The molecule has 6 heteroatoms. The maximum Gasteiger partial charge on any atom is 0.227 e. The molecule has 0 bridgehead atoms. The summed E-state index contributed by atoms with van der Waals surface area (Å²) >= 11 is 1.53. The highest BCUT2D eigenvalue weighted by Crippen LogP contribution is 2.32. The van der Waals surface area contributed by atoms with Gasteiger partial charge in [0.2, 0.25) is 5.91 Å². The van der Waals surface area contributed by atoms with E-state index < -0.39 is 0 Å². The number of anilines is 1. The number of nitrogens with zero attached hydrogens (tertiary/aromatic N) is 1. The summed E-state index contributed by atoms with van der Waals surface area (Å²) in [5, 5.41) is 5.70. The van der Waals surface area contributed by atoms with Gasteiger partial charge in [0, 0.05) is 17.5 Å². The van der Waals surface area contributed by atoms with Gasteiger partial charge in [-0.05, 0) is 18.2 Å². The quantitative estimate of drug-likeness (QED) is 0.878. The Bertz CT molecular complexity index is 624. The number of nitrogens with one attached hydrogen (secondary N) is 1. The Morgan fingerprint density at radius 1 is 1.47 bits per heavy atom. The van der Waals surface area contributed by atoms with E-state index >= 15 is 0 Å². The van der Waals surface area contributed by atoms with Crippen LogP contribution in [0.2, 0.25) is 0 Å². The molecule has 0 saturated carbocycles. The van der Waals surface area contributed by atoms with Crippen LogP contribution < -0.4 is 15.8 Å². The summed E-state index contributed by atoms with van der Waals surface area (Å²) in [6.07, 6.45) is 0.373. The predicted octanol–water partition coefficient (Wildman–Crippen LogP) is 1.99. The Morgan fingerprint density at radius 2 is 2.37 bits per heavy atom. The number of rotatable bonds is 2. The zero-order valence-corrected chi connectivity index (χ0v) is 11.0. The van der Waals surface area contributed by atoms with Gasteiger partial charge in [0.25, 0.3) is 0 Å². The Hall–Kier alpha value is -1.92. The number of ether oxygens (including phenoxy) is 1. The number of fused-ring (bicyclic) bond motifs is 1. The molecule has 0 radical (unpaired) electrons. The van der Waals surface area contributed by atoms with Crippen LogP contribution in [0.3, 0.4) is 0 Å². The minimum Gasteiger partial charge on any atom is -0.491 e. The van der Waals surface area contributed by atoms with Crippen molar-refractivity contribution in [3.05, 3.63) is 28.6 Å². The van der Waals surface area contributed by atoms with Gasteiger partial charge in [-0.15, -0.1) is 11.3 Å². The lowest BCUT2D eigenvalue weighted by Gasteiger charge is -2.08. The third-order valence-electron chi connectivity index (χ3n) is 2.86. The van der Waals surface area contributed by atoms with Crippen LogP contribution in [0.1, 0.15) is 11.4 Å². The second-order valence-corrected chi connectivity index (χ2v) is 5.13. The maximum atomic E-state index is 11.5. The van der Waals surface area contributed by atoms with Crippen LogP contribution >= 0.6 is 11.3 Å². The molecule has 1 aliphatic heterocycles. The van der Waals surface area contributed by atoms with E-state index in [9.17, 15) is 4.79 Å². The van der Waals surface area contributed by atoms with Crippen molar-refractivity contribution in [1.29, 1.82) is 0 Å². The number of amides is 1. The summed E-state index contributed by atoms with van der Waals surface area (Å²) < 4.78 is 5.51. The Balaban J connectivity index is 1.98. The van der Waals surface area contributed by atoms with E-state index in [4.69, 9.17) is 10.5 Å². The highest BCUT2D eigenvalue weighted by molar-refractivity contribution is 7.09. The lowest BCUT2D eigenvalue weighted by molar-refractivity contribution is -0.116. The highest BCUT2D eigenvalue weighted by atomic mass is 32.1. The van der Waals surface area contributed by atoms with Gasteiger partial charge in [0.1, 0.15) is 10.8 Å². The van der Waals surface area contributed by atoms with Gasteiger partial charge in [-0.25, -0.2) is 4.98 Å². The summed E-state index contributed by atoms with van der Waals surface area (Å²) in [4.78, 5) is 16.0. The molecule has 2 heterocycles. The number of aromatic nitrogens is 1. The van der Waals surface area contributed by atoms with Crippen LogP contribution in [0, 0.1) is 0 Å². The standard InChI is InChI=1S/C13H13N3O2S/c14-6-13-16-10(7-19-13)8-1-2-11-9(5-8)15-12(17)3-4-18-11/h1-2,5,7H,3-4,6,14H2,(H,15,17). The number of hydrogen-bond acceptors (Lipinski definition) is 5. The van der Waals surface area contributed by atoms with Gasteiger partial charge in [-0.2, -0.15) is 0 Å². The summed E-state index contributed by atoms with van der Waals surface area (Å²) in [6, 6.07) is 5.68. The second-order valence-electron chi connectivity index (χ2n) is 4.19. The third-order valence-corrected chi connectivity index (χ3v) is 3.73. The minimum atomic E-state index is -0.0307. The van der Waals surface area contributed by atoms with E-state index in [0.717, 1.165) is 16.3 Å². The molecule has 1 aromatic heterocycles. The molecule has 0 unspecified atom stereocenters. The van der Waals surface area contributed by atoms with Crippen molar-refractivity contribution in [3.8, 4) is 17.0 Å². The predicted molar refractivity (Wildman–Crippen MR) is 74.2 cm³/mol. The first-order chi connectivity index (χ1) is 9.26. The second kappa shape index (κ2) is 4.99. The van der Waals surface area contributed by atoms with E-state index in [1.54, 1.807) is 0 Å². The van der Waals surface area contributed by atoms with Gasteiger partial charge in [0.15, 0.2) is 0 Å². The van der Waals surface area contributed by atoms with E-state index in [-0.39, 0.29) is 5.91 Å². The van der Waals surface area contributed by atoms with Crippen LogP contribution in [0.4, 0.5) is 5.69 Å². The van der Waals surface area contributed by atoms with E-state index in [0.29, 0.717) is 31.0 Å². The number of benzene rings is 1. The lowest BCUT2D eigenvalue weighted by Crippen LogP contribution is -2.10. The van der Waals surface area contributed by atoms with E-state index in [1.165, 1.54) is 11.3 Å². The molecule has 19 heavy (non-hydrogen) atoms. The van der Waals surface area contributed by atoms with Gasteiger partial charge >= 0.3 is 0 Å². The van der Waals surface area contributed by atoms with Crippen molar-refractivity contribution in [2.75, 3.05) is 11.9 Å². The zero-order chi connectivity index (χ0) is 13.2. The minimum absolute atomic E-state index is 0.0307. The van der Waals surface area contributed by atoms with Crippen LogP contribution in [0.25, 0.3) is 11.3 Å². The van der Waals surface area contributed by atoms with Crippen molar-refractivity contribution in [1.82, 2.24) is 4.98 Å². The molecule has 0 fully saturated rings. The van der Waals surface area contributed by atoms with Crippen molar-refractivity contribution in [3.63, 3.8) is 0 Å². The van der Waals surface area contributed by atoms with Crippen molar-refractivity contribution >= 4 is 22.9 Å². The number of thiazole rings is 1. The topological polar surface area (TPSA) is 77.2 Å². The van der Waals surface area contributed by atoms with Gasteiger partial charge < -0.3 is 15.8 Å². The molecule has 98 valence electrons. The van der Waals surface area contributed by atoms with Crippen LogP contribution in [0.5, 0.6) is 5.75 Å². The first-order valence-corrected chi connectivity index (χ1v) is 6.86. The molecule has 1 aliphatic rings. The molecule has 1 amide bonds. The molecule has 3 rings (SSSR count). The first-order valence-electron chi connectivity index (χ1n) is 5.98. The smallest absolute Gasteiger partial charge is 0.227 e. The van der Waals surface area contributed by atoms with E-state index in [2.05, 4.69) is 10.3 Å². The lowest BCUT2D eigenvalue weighted by atomic mass is 10.1. The summed E-state index contributed by atoms with van der Waals surface area (Å²) in [7, 11) is 0. The molecule has 0 saturated heterocycles. The zero-order valence-electron chi connectivity index (χ0n) is 10.2. The van der Waals surface area contributed by atoms with Crippen LogP contribution in [-0.2, 0) is 11.3 Å². The fourth-order valence-corrected chi connectivity index (χ4v) is 2.60. The molecule has 0 spiro atoms. The van der Waals surface area contributed by atoms with Gasteiger partial charge in [0.05, 0.1) is 24.4 Å². The maximum absolute atomic E-state index is 11.5. The molecule has 5 nitrogen and oxygen atoms in total. The highest BCUT2D eigenvalue weighted by Gasteiger charge is 2.15. The fraction of sp³-hybridized carbons (Fsp3) is 0.231. The first kappa shape index (κ1) is 12.1. The van der Waals surface area contributed by atoms with Crippen LogP contribution in [-0.4, -0.2) is 17.5 Å². The molecular weight excluding hydrogens is 262 g/mol. The molecule has 0 aliphatic carbocycles. The molecule has 3 N–H and O–H groups in total. The fourth-order valence-electron chi connectivity index (χ4n) is 1.92. The summed E-state index contributed by atoms with van der Waals surface area (Å²) in [6.45, 7) is 0.849. The normalized spacial score (nSPS) is 14.3. The molecule has 2 aromatic rings. The van der Waals surface area contributed by atoms with Crippen LogP contribution in [0.15, 0.2) is 23.6 Å². The average Bonchev–Trinajstić information content (AvgIpc) is 2.81. The number of hydrogen-bond donors (Lipinski definition) is 2. The largest absolute Gasteiger partial charge is 0.491 e. The molecule has 0 atom stereocenters. The number of carbonyl (C=O) groups is 1. The monoisotopic (exact) mass is 275 g/mol. The van der Waals surface area contributed by atoms with Crippen molar-refractivity contribution < 1.29 is 9.53 Å². The Kier molecular flexibility index (Phi) is 3.18. The van der Waals surface area contributed by atoms with Gasteiger partial charge in [-0.3, -0.25) is 4.79 Å². The molecule has 1 aromatic carbocycles. The Labute approximate surface area is 114 Å². The SMILES string of the molecule is NCc1nc(-c2ccc3c(c2)NC(=O)CCO3)cs1. The summed E-state index contributed by atoms with van der Waals surface area (Å²) in [5.41, 5.74) is 8.07. The van der Waals surface area contributed by atoms with Gasteiger partial charge in [-0.1, -0.05) is 0 Å². The Morgan fingerprint density at radius 3 is 3.16 bits per heavy atom. The third kappa shape index (κ3) is 2.45. The number of carbonyl (C=O) groups excluding carboxylic acids is 1. The summed E-state index contributed by atoms with van der Waals surface area (Å²) in [5.74, 6) is 0.667. The number of nitrogens with two attached hydrogens (primary N) is 1. The average molecular weight is 275 g/mol. The van der Waals surface area contributed by atoms with Crippen molar-refractivity contribution in [2.24, 2.45) is 5.73 Å². The van der Waals surface area contributed by atoms with Crippen molar-refractivity contribution in [2.45, 2.75) is 13.0 Å². The molecular formula is C13H13N3O2S.